The highest BCUT2D eigenvalue weighted by Crippen LogP contribution is 2.35. The van der Waals surface area contributed by atoms with Crippen molar-refractivity contribution in [3.63, 3.8) is 0 Å². The Morgan fingerprint density at radius 1 is 1.18 bits per heavy atom. The zero-order valence-electron chi connectivity index (χ0n) is 11.3. The Morgan fingerprint density at radius 2 is 2.00 bits per heavy atom. The van der Waals surface area contributed by atoms with Gasteiger partial charge in [-0.25, -0.2) is 4.68 Å². The van der Waals surface area contributed by atoms with Gasteiger partial charge in [-0.15, -0.1) is 5.10 Å². The fraction of sp³-hybridized carbons (Fsp3) is 0.0667. The number of fused-ring (bicyclic) bond motifs is 1. The first-order valence-electron chi connectivity index (χ1n) is 6.67. The van der Waals surface area contributed by atoms with E-state index < -0.39 is 0 Å². The Labute approximate surface area is 130 Å². The molecule has 6 nitrogen and oxygen atoms in total. The minimum Gasteiger partial charge on any atom is -0.325 e. The number of tetrazole rings is 1. The van der Waals surface area contributed by atoms with Crippen molar-refractivity contribution in [1.29, 1.82) is 0 Å². The molecule has 0 saturated heterocycles. The molecule has 7 heteroatoms. The van der Waals surface area contributed by atoms with Crippen molar-refractivity contribution in [3.8, 4) is 16.8 Å². The van der Waals surface area contributed by atoms with Crippen LogP contribution in [0.5, 0.6) is 0 Å². The van der Waals surface area contributed by atoms with E-state index in [0.717, 1.165) is 28.1 Å². The van der Waals surface area contributed by atoms with Crippen molar-refractivity contribution in [1.82, 2.24) is 20.2 Å². The molecule has 0 atom stereocenters. The molecule has 1 N–H and O–H groups in total. The van der Waals surface area contributed by atoms with E-state index in [1.165, 1.54) is 6.33 Å². The molecule has 0 radical (unpaired) electrons. The predicted molar refractivity (Wildman–Crippen MR) is 81.9 cm³/mol. The Morgan fingerprint density at radius 3 is 2.73 bits per heavy atom. The molecular formula is C15H10ClN5O. The van der Waals surface area contributed by atoms with Gasteiger partial charge in [0.2, 0.25) is 5.91 Å². The van der Waals surface area contributed by atoms with E-state index in [1.807, 2.05) is 30.3 Å². The molecule has 1 aliphatic rings. The molecule has 1 amide bonds. The van der Waals surface area contributed by atoms with Crippen LogP contribution in [0.3, 0.4) is 0 Å². The van der Waals surface area contributed by atoms with Crippen LogP contribution in [0.15, 0.2) is 42.7 Å². The third-order valence-electron chi connectivity index (χ3n) is 3.61. The number of anilines is 1. The van der Waals surface area contributed by atoms with Gasteiger partial charge in [0.05, 0.1) is 17.1 Å². The second-order valence-electron chi connectivity index (χ2n) is 5.02. The quantitative estimate of drug-likeness (QED) is 0.789. The number of halogens is 1. The lowest BCUT2D eigenvalue weighted by Gasteiger charge is -2.08. The molecule has 0 unspecified atom stereocenters. The number of carbonyl (C=O) groups excluding carboxylic acids is 1. The highest BCUT2D eigenvalue weighted by molar-refractivity contribution is 6.34. The van der Waals surface area contributed by atoms with Gasteiger partial charge < -0.3 is 5.32 Å². The van der Waals surface area contributed by atoms with E-state index in [9.17, 15) is 4.79 Å². The molecule has 1 aromatic heterocycles. The summed E-state index contributed by atoms with van der Waals surface area (Å²) in [4.78, 5) is 11.5. The first kappa shape index (κ1) is 13.0. The summed E-state index contributed by atoms with van der Waals surface area (Å²) in [5.74, 6) is -0.00255. The molecular weight excluding hydrogens is 302 g/mol. The zero-order chi connectivity index (χ0) is 15.1. The monoisotopic (exact) mass is 311 g/mol. The van der Waals surface area contributed by atoms with Crippen LogP contribution >= 0.6 is 11.6 Å². The van der Waals surface area contributed by atoms with E-state index in [0.29, 0.717) is 11.4 Å². The van der Waals surface area contributed by atoms with Crippen molar-refractivity contribution < 1.29 is 4.79 Å². The van der Waals surface area contributed by atoms with E-state index in [1.54, 1.807) is 10.7 Å². The summed E-state index contributed by atoms with van der Waals surface area (Å²) < 4.78 is 1.58. The average Bonchev–Trinajstić information content (AvgIpc) is 3.15. The molecule has 3 aromatic rings. The summed E-state index contributed by atoms with van der Waals surface area (Å²) in [7, 11) is 0. The van der Waals surface area contributed by atoms with Crippen molar-refractivity contribution >= 4 is 23.2 Å². The lowest BCUT2D eigenvalue weighted by atomic mass is 10.0. The molecule has 0 bridgehead atoms. The average molecular weight is 312 g/mol. The summed E-state index contributed by atoms with van der Waals surface area (Å²) in [5.41, 5.74) is 4.50. The Kier molecular flexibility index (Phi) is 2.90. The number of rotatable bonds is 2. The maximum Gasteiger partial charge on any atom is 0.228 e. The van der Waals surface area contributed by atoms with Crippen LogP contribution in [-0.4, -0.2) is 26.1 Å². The Hall–Kier alpha value is -2.73. The molecule has 108 valence electrons. The van der Waals surface area contributed by atoms with Crippen molar-refractivity contribution in [3.05, 3.63) is 53.3 Å². The SMILES string of the molecule is O=C1Cc2cc(-c3ccc(-n4cnnn4)cc3)c(Cl)cc2N1. The minimum atomic E-state index is -0.00255. The number of amides is 1. The van der Waals surface area contributed by atoms with Gasteiger partial charge in [-0.1, -0.05) is 23.7 Å². The highest BCUT2D eigenvalue weighted by Gasteiger charge is 2.20. The van der Waals surface area contributed by atoms with Crippen LogP contribution in [0.4, 0.5) is 5.69 Å². The Bertz CT molecular complexity index is 858. The van der Waals surface area contributed by atoms with Gasteiger partial charge >= 0.3 is 0 Å². The van der Waals surface area contributed by atoms with E-state index in [2.05, 4.69) is 20.8 Å². The molecule has 1 aliphatic heterocycles. The van der Waals surface area contributed by atoms with Crippen molar-refractivity contribution in [2.24, 2.45) is 0 Å². The second kappa shape index (κ2) is 4.92. The molecule has 22 heavy (non-hydrogen) atoms. The summed E-state index contributed by atoms with van der Waals surface area (Å²) in [6.45, 7) is 0. The van der Waals surface area contributed by atoms with Gasteiger partial charge in [0.1, 0.15) is 6.33 Å². The lowest BCUT2D eigenvalue weighted by Crippen LogP contribution is -2.03. The maximum absolute atomic E-state index is 11.5. The van der Waals surface area contributed by atoms with Gasteiger partial charge in [-0.3, -0.25) is 4.79 Å². The Balaban J connectivity index is 1.73. The van der Waals surface area contributed by atoms with E-state index >= 15 is 0 Å². The minimum absolute atomic E-state index is 0.00255. The van der Waals surface area contributed by atoms with Crippen LogP contribution in [0.25, 0.3) is 16.8 Å². The lowest BCUT2D eigenvalue weighted by molar-refractivity contribution is -0.115. The standard InChI is InChI=1S/C15H10ClN5O/c16-13-7-14-10(6-15(22)18-14)5-12(13)9-1-3-11(4-2-9)21-8-17-19-20-21/h1-5,7-8H,6H2,(H,18,22). The number of nitrogens with zero attached hydrogens (tertiary/aromatic N) is 4. The van der Waals surface area contributed by atoms with Crippen molar-refractivity contribution in [2.45, 2.75) is 6.42 Å². The van der Waals surface area contributed by atoms with Crippen LogP contribution in [0.1, 0.15) is 5.56 Å². The van der Waals surface area contributed by atoms with Gasteiger partial charge in [0.15, 0.2) is 0 Å². The van der Waals surface area contributed by atoms with Crippen LogP contribution in [0, 0.1) is 0 Å². The largest absolute Gasteiger partial charge is 0.325 e. The third-order valence-corrected chi connectivity index (χ3v) is 3.92. The van der Waals surface area contributed by atoms with E-state index in [-0.39, 0.29) is 5.91 Å². The molecule has 2 heterocycles. The molecule has 0 saturated carbocycles. The molecule has 2 aromatic carbocycles. The van der Waals surface area contributed by atoms with E-state index in [4.69, 9.17) is 11.6 Å². The molecule has 4 rings (SSSR count). The first-order chi connectivity index (χ1) is 10.7. The maximum atomic E-state index is 11.5. The first-order valence-corrected chi connectivity index (χ1v) is 7.04. The summed E-state index contributed by atoms with van der Waals surface area (Å²) in [6, 6.07) is 11.5. The van der Waals surface area contributed by atoms with Crippen molar-refractivity contribution in [2.75, 3.05) is 5.32 Å². The smallest absolute Gasteiger partial charge is 0.228 e. The predicted octanol–water partition coefficient (Wildman–Crippen LogP) is 2.48. The highest BCUT2D eigenvalue weighted by atomic mass is 35.5. The number of carbonyl (C=O) groups is 1. The van der Waals surface area contributed by atoms with Crippen LogP contribution in [-0.2, 0) is 11.2 Å². The fourth-order valence-electron chi connectivity index (χ4n) is 2.54. The topological polar surface area (TPSA) is 72.7 Å². The number of nitrogens with one attached hydrogen (secondary N) is 1. The van der Waals surface area contributed by atoms with Crippen LogP contribution in [0.2, 0.25) is 5.02 Å². The summed E-state index contributed by atoms with van der Waals surface area (Å²) in [6.07, 6.45) is 1.93. The zero-order valence-corrected chi connectivity index (χ0v) is 12.1. The van der Waals surface area contributed by atoms with Gasteiger partial charge in [0, 0.05) is 11.3 Å². The molecule has 0 spiro atoms. The number of hydrogen-bond acceptors (Lipinski definition) is 4. The number of aromatic nitrogens is 4. The molecule has 0 fully saturated rings. The van der Waals surface area contributed by atoms with Gasteiger partial charge in [-0.2, -0.15) is 0 Å². The van der Waals surface area contributed by atoms with Gasteiger partial charge in [0.25, 0.3) is 0 Å². The third kappa shape index (κ3) is 2.14. The number of benzene rings is 2. The molecule has 0 aliphatic carbocycles. The fourth-order valence-corrected chi connectivity index (χ4v) is 2.82. The normalized spacial score (nSPS) is 13.0. The second-order valence-corrected chi connectivity index (χ2v) is 5.42. The van der Waals surface area contributed by atoms with Gasteiger partial charge in [-0.05, 0) is 45.8 Å². The number of hydrogen-bond donors (Lipinski definition) is 1. The van der Waals surface area contributed by atoms with Crippen LogP contribution < -0.4 is 5.32 Å². The summed E-state index contributed by atoms with van der Waals surface area (Å²) >= 11 is 6.34. The summed E-state index contributed by atoms with van der Waals surface area (Å²) in [5, 5.41) is 14.5.